The van der Waals surface area contributed by atoms with Gasteiger partial charge in [0.25, 0.3) is 0 Å². The summed E-state index contributed by atoms with van der Waals surface area (Å²) >= 11 is 0. The van der Waals surface area contributed by atoms with Crippen LogP contribution in [0.1, 0.15) is 27.7 Å². The summed E-state index contributed by atoms with van der Waals surface area (Å²) in [6.45, 7) is 14.2. The predicted molar refractivity (Wildman–Crippen MR) is 51.7 cm³/mol. The van der Waals surface area contributed by atoms with Crippen LogP contribution < -0.4 is 0 Å². The van der Waals surface area contributed by atoms with Crippen molar-refractivity contribution in [1.82, 2.24) is 0 Å². The van der Waals surface area contributed by atoms with Gasteiger partial charge in [-0.25, -0.2) is 4.79 Å². The molecule has 2 heteroatoms. The van der Waals surface area contributed by atoms with Crippen LogP contribution in [0.3, 0.4) is 0 Å². The molecule has 0 aliphatic carbocycles. The van der Waals surface area contributed by atoms with Crippen molar-refractivity contribution >= 4 is 5.91 Å². The number of nitrogens with zero attached hydrogens (tertiary/aromatic N) is 1. The number of carbonyl (C=O) groups is 1. The molecule has 0 rings (SSSR count). The molecule has 70 valence electrons. The van der Waals surface area contributed by atoms with E-state index in [9.17, 15) is 4.79 Å². The van der Waals surface area contributed by atoms with E-state index < -0.39 is 0 Å². The molecule has 0 aromatic rings. The zero-order valence-electron chi connectivity index (χ0n) is 8.68. The Morgan fingerprint density at radius 2 is 1.50 bits per heavy atom. The zero-order valence-corrected chi connectivity index (χ0v) is 8.68. The molecule has 0 N–H and O–H groups in total. The van der Waals surface area contributed by atoms with Gasteiger partial charge in [0.05, 0.1) is 19.6 Å². The van der Waals surface area contributed by atoms with E-state index in [4.69, 9.17) is 0 Å². The molecule has 0 bridgehead atoms. The Kier molecular flexibility index (Phi) is 4.18. The minimum atomic E-state index is 0.183. The number of rotatable bonds is 4. The second kappa shape index (κ2) is 4.41. The van der Waals surface area contributed by atoms with Crippen LogP contribution in [0.5, 0.6) is 0 Å². The molecule has 0 heterocycles. The van der Waals surface area contributed by atoms with Crippen molar-refractivity contribution in [1.29, 1.82) is 0 Å². The first-order valence-corrected chi connectivity index (χ1v) is 4.60. The summed E-state index contributed by atoms with van der Waals surface area (Å²) in [5, 5.41) is 0. The lowest BCUT2D eigenvalue weighted by Crippen LogP contribution is -2.52. The summed E-state index contributed by atoms with van der Waals surface area (Å²) < 4.78 is 0.537. The van der Waals surface area contributed by atoms with Gasteiger partial charge in [0.15, 0.2) is 0 Å². The molecule has 0 aromatic heterocycles. The minimum Gasteiger partial charge on any atom is -0.257 e. The van der Waals surface area contributed by atoms with Gasteiger partial charge in [-0.15, -0.1) is 0 Å². The van der Waals surface area contributed by atoms with Crippen molar-refractivity contribution in [2.45, 2.75) is 27.7 Å². The normalized spacial score (nSPS) is 11.3. The highest BCUT2D eigenvalue weighted by atomic mass is 16.2. The quantitative estimate of drug-likeness (QED) is 0.465. The number of hydrogen-bond acceptors (Lipinski definition) is 1. The van der Waals surface area contributed by atoms with Gasteiger partial charge < -0.3 is 0 Å². The lowest BCUT2D eigenvalue weighted by atomic mass is 10.2. The second-order valence-electron chi connectivity index (χ2n) is 3.18. The van der Waals surface area contributed by atoms with Gasteiger partial charge in [0.2, 0.25) is 0 Å². The van der Waals surface area contributed by atoms with Gasteiger partial charge in [-0.2, -0.15) is 0 Å². The highest BCUT2D eigenvalue weighted by molar-refractivity contribution is 5.86. The molecule has 0 aliphatic rings. The average molecular weight is 170 g/mol. The highest BCUT2D eigenvalue weighted by Crippen LogP contribution is 2.11. The van der Waals surface area contributed by atoms with Crippen LogP contribution >= 0.6 is 0 Å². The Morgan fingerprint density at radius 1 is 1.17 bits per heavy atom. The summed E-state index contributed by atoms with van der Waals surface area (Å²) in [5.41, 5.74) is 0.667. The van der Waals surface area contributed by atoms with E-state index in [1.165, 1.54) is 0 Å². The maximum Gasteiger partial charge on any atom is 0.340 e. The van der Waals surface area contributed by atoms with Crippen LogP contribution in [0.4, 0.5) is 0 Å². The molecule has 0 aliphatic heterocycles. The minimum absolute atomic E-state index is 0.183. The number of likely N-dealkylation sites (N-methyl/N-ethyl adjacent to an activating group) is 1. The number of amides is 1. The van der Waals surface area contributed by atoms with Crippen molar-refractivity contribution < 1.29 is 9.28 Å². The van der Waals surface area contributed by atoms with Crippen LogP contribution in [0.15, 0.2) is 12.2 Å². The van der Waals surface area contributed by atoms with E-state index in [0.29, 0.717) is 10.1 Å². The summed E-state index contributed by atoms with van der Waals surface area (Å²) in [6.07, 6.45) is 0. The third-order valence-corrected chi connectivity index (χ3v) is 2.61. The van der Waals surface area contributed by atoms with E-state index in [1.807, 2.05) is 20.8 Å². The lowest BCUT2D eigenvalue weighted by Gasteiger charge is -2.32. The molecular formula is C10H20NO+. The standard InChI is InChI=1S/C10H20NO/c1-6-11(7-2,8-3)10(12)9(4)5/h4,6-8H2,1-3,5H3/q+1. The van der Waals surface area contributed by atoms with E-state index in [2.05, 4.69) is 6.58 Å². The van der Waals surface area contributed by atoms with Crippen LogP contribution in [0.25, 0.3) is 0 Å². The molecule has 0 atom stereocenters. The fraction of sp³-hybridized carbons (Fsp3) is 0.700. The van der Waals surface area contributed by atoms with Crippen LogP contribution in [-0.4, -0.2) is 30.0 Å². The van der Waals surface area contributed by atoms with Crippen LogP contribution in [0.2, 0.25) is 0 Å². The van der Waals surface area contributed by atoms with Crippen molar-refractivity contribution in [2.75, 3.05) is 19.6 Å². The Bertz CT molecular complexity index is 172. The lowest BCUT2D eigenvalue weighted by molar-refractivity contribution is -0.847. The Morgan fingerprint density at radius 3 is 1.58 bits per heavy atom. The summed E-state index contributed by atoms with van der Waals surface area (Å²) in [5.74, 6) is 0.183. The predicted octanol–water partition coefficient (Wildman–Crippen LogP) is 1.97. The molecule has 0 unspecified atom stereocenters. The third kappa shape index (κ3) is 1.95. The first kappa shape index (κ1) is 11.4. The molecule has 0 aromatic carbocycles. The molecule has 0 saturated carbocycles. The van der Waals surface area contributed by atoms with E-state index >= 15 is 0 Å². The molecule has 0 radical (unpaired) electrons. The summed E-state index contributed by atoms with van der Waals surface area (Å²) in [7, 11) is 0. The smallest absolute Gasteiger partial charge is 0.257 e. The topological polar surface area (TPSA) is 17.1 Å². The van der Waals surface area contributed by atoms with Crippen LogP contribution in [0, 0.1) is 0 Å². The zero-order chi connectivity index (χ0) is 9.78. The summed E-state index contributed by atoms with van der Waals surface area (Å²) in [6, 6.07) is 0. The van der Waals surface area contributed by atoms with E-state index in [1.54, 1.807) is 6.92 Å². The number of quaternary nitrogens is 1. The maximum atomic E-state index is 11.7. The molecule has 0 saturated heterocycles. The van der Waals surface area contributed by atoms with Crippen molar-refractivity contribution in [2.24, 2.45) is 0 Å². The van der Waals surface area contributed by atoms with Crippen molar-refractivity contribution in [3.63, 3.8) is 0 Å². The summed E-state index contributed by atoms with van der Waals surface area (Å²) in [4.78, 5) is 11.7. The van der Waals surface area contributed by atoms with Gasteiger partial charge in [-0.1, -0.05) is 6.58 Å². The van der Waals surface area contributed by atoms with Gasteiger partial charge in [0.1, 0.15) is 0 Å². The van der Waals surface area contributed by atoms with E-state index in [-0.39, 0.29) is 5.91 Å². The SMILES string of the molecule is C=C(C)C(=O)[N+](CC)(CC)CC. The fourth-order valence-electron chi connectivity index (χ4n) is 1.51. The molecular weight excluding hydrogens is 150 g/mol. The second-order valence-corrected chi connectivity index (χ2v) is 3.18. The molecule has 0 fully saturated rings. The van der Waals surface area contributed by atoms with Gasteiger partial charge in [-0.3, -0.25) is 4.48 Å². The van der Waals surface area contributed by atoms with E-state index in [0.717, 1.165) is 19.6 Å². The van der Waals surface area contributed by atoms with Crippen LogP contribution in [-0.2, 0) is 4.79 Å². The highest BCUT2D eigenvalue weighted by Gasteiger charge is 2.31. The molecule has 2 nitrogen and oxygen atoms in total. The van der Waals surface area contributed by atoms with Crippen molar-refractivity contribution in [3.05, 3.63) is 12.2 Å². The largest absolute Gasteiger partial charge is 0.340 e. The average Bonchev–Trinajstić information content (AvgIpc) is 2.08. The monoisotopic (exact) mass is 170 g/mol. The first-order valence-electron chi connectivity index (χ1n) is 4.60. The number of hydrogen-bond donors (Lipinski definition) is 0. The first-order chi connectivity index (χ1) is 5.54. The number of carbonyl (C=O) groups excluding carboxylic acids is 1. The maximum absolute atomic E-state index is 11.7. The molecule has 12 heavy (non-hydrogen) atoms. The van der Waals surface area contributed by atoms with Gasteiger partial charge in [0, 0.05) is 5.57 Å². The Hall–Kier alpha value is -0.630. The van der Waals surface area contributed by atoms with Gasteiger partial charge in [-0.05, 0) is 27.7 Å². The van der Waals surface area contributed by atoms with Gasteiger partial charge >= 0.3 is 5.91 Å². The third-order valence-electron chi connectivity index (χ3n) is 2.61. The fourth-order valence-corrected chi connectivity index (χ4v) is 1.51. The Balaban J connectivity index is 4.71. The molecule has 1 amide bonds. The Labute approximate surface area is 75.5 Å². The van der Waals surface area contributed by atoms with Crippen molar-refractivity contribution in [3.8, 4) is 0 Å². The molecule has 0 spiro atoms.